The van der Waals surface area contributed by atoms with E-state index in [1.807, 2.05) is 55.5 Å². The van der Waals surface area contributed by atoms with E-state index in [0.717, 1.165) is 27.1 Å². The summed E-state index contributed by atoms with van der Waals surface area (Å²) in [6.45, 7) is 2.01. The molecule has 0 bridgehead atoms. The zero-order valence-corrected chi connectivity index (χ0v) is 13.7. The van der Waals surface area contributed by atoms with E-state index >= 15 is 0 Å². The smallest absolute Gasteiger partial charge is 0.395 e. The molecule has 0 N–H and O–H groups in total. The van der Waals surface area contributed by atoms with E-state index in [-0.39, 0.29) is 0 Å². The third-order valence-corrected chi connectivity index (χ3v) is 4.10. The monoisotopic (exact) mass is 328 g/mol. The van der Waals surface area contributed by atoms with Crippen molar-refractivity contribution >= 4 is 27.7 Å². The second-order valence-corrected chi connectivity index (χ2v) is 5.92. The second-order valence-electron chi connectivity index (χ2n) is 5.92. The maximum Gasteiger partial charge on any atom is 0.519 e. The fourth-order valence-electron chi connectivity index (χ4n) is 2.93. The maximum atomic E-state index is 12.3. The highest BCUT2D eigenvalue weighted by molar-refractivity contribution is 6.06. The van der Waals surface area contributed by atoms with Gasteiger partial charge in [-0.2, -0.15) is 0 Å². The van der Waals surface area contributed by atoms with Crippen LogP contribution in [0.1, 0.15) is 5.56 Å². The Morgan fingerprint density at radius 3 is 2.28 bits per heavy atom. The molecule has 0 saturated carbocycles. The molecule has 0 atom stereocenters. The Morgan fingerprint density at radius 2 is 1.44 bits per heavy atom. The molecule has 0 aliphatic carbocycles. The van der Waals surface area contributed by atoms with Gasteiger partial charge in [0.2, 0.25) is 0 Å². The summed E-state index contributed by atoms with van der Waals surface area (Å²) in [5.74, 6) is 0.978. The summed E-state index contributed by atoms with van der Waals surface area (Å²) in [5, 5.41) is 3.81. The van der Waals surface area contributed by atoms with E-state index in [0.29, 0.717) is 11.5 Å². The number of benzene rings is 4. The van der Waals surface area contributed by atoms with Gasteiger partial charge in [0, 0.05) is 10.8 Å². The molecule has 0 saturated heterocycles. The lowest BCUT2D eigenvalue weighted by Gasteiger charge is -2.12. The molecule has 4 aromatic rings. The summed E-state index contributed by atoms with van der Waals surface area (Å²) < 4.78 is 10.9. The number of fused-ring (bicyclic) bond motifs is 2. The Kier molecular flexibility index (Phi) is 3.82. The van der Waals surface area contributed by atoms with Crippen molar-refractivity contribution in [2.75, 3.05) is 0 Å². The minimum absolute atomic E-state index is 0.452. The molecule has 0 amide bonds. The average molecular weight is 328 g/mol. The average Bonchev–Trinajstić information content (AvgIpc) is 2.63. The van der Waals surface area contributed by atoms with Crippen molar-refractivity contribution in [2.24, 2.45) is 0 Å². The molecule has 3 heteroatoms. The highest BCUT2D eigenvalue weighted by atomic mass is 16.7. The van der Waals surface area contributed by atoms with Crippen molar-refractivity contribution in [1.29, 1.82) is 0 Å². The molecule has 0 spiro atoms. The fraction of sp³-hybridized carbons (Fsp3) is 0.0455. The summed E-state index contributed by atoms with van der Waals surface area (Å²) in [5.41, 5.74) is 1.10. The lowest BCUT2D eigenvalue weighted by molar-refractivity contribution is 0.153. The lowest BCUT2D eigenvalue weighted by atomic mass is 10.0. The second kappa shape index (κ2) is 6.29. The molecule has 0 fully saturated rings. The number of carbonyl (C=O) groups is 1. The van der Waals surface area contributed by atoms with Crippen molar-refractivity contribution in [1.82, 2.24) is 0 Å². The predicted octanol–water partition coefficient (Wildman–Crippen LogP) is 5.88. The highest BCUT2D eigenvalue weighted by Gasteiger charge is 2.14. The van der Waals surface area contributed by atoms with E-state index in [2.05, 4.69) is 6.07 Å². The van der Waals surface area contributed by atoms with Gasteiger partial charge in [-0.3, -0.25) is 0 Å². The lowest BCUT2D eigenvalue weighted by Crippen LogP contribution is -2.14. The number of hydrogen-bond acceptors (Lipinski definition) is 3. The molecule has 0 heterocycles. The van der Waals surface area contributed by atoms with Crippen LogP contribution in [0.2, 0.25) is 0 Å². The summed E-state index contributed by atoms with van der Waals surface area (Å²) in [6.07, 6.45) is -0.745. The van der Waals surface area contributed by atoms with Crippen LogP contribution >= 0.6 is 0 Å². The molecular weight excluding hydrogens is 312 g/mol. The normalized spacial score (nSPS) is 10.8. The van der Waals surface area contributed by atoms with Crippen LogP contribution in [-0.4, -0.2) is 6.16 Å². The number of para-hydroxylation sites is 1. The SMILES string of the molecule is Cc1ccc2cc3ccccc3c(OC(=O)Oc3ccccc3)c2c1. The minimum atomic E-state index is -0.745. The van der Waals surface area contributed by atoms with Crippen LogP contribution in [0.5, 0.6) is 11.5 Å². The van der Waals surface area contributed by atoms with Crippen molar-refractivity contribution in [3.63, 3.8) is 0 Å². The third kappa shape index (κ3) is 3.04. The number of carbonyl (C=O) groups excluding carboxylic acids is 1. The van der Waals surface area contributed by atoms with Crippen LogP contribution in [0.3, 0.4) is 0 Å². The van der Waals surface area contributed by atoms with Crippen LogP contribution in [-0.2, 0) is 0 Å². The van der Waals surface area contributed by atoms with Gasteiger partial charge >= 0.3 is 6.16 Å². The first kappa shape index (κ1) is 15.2. The summed E-state index contributed by atoms with van der Waals surface area (Å²) in [6, 6.07) is 24.9. The molecule has 4 rings (SSSR count). The van der Waals surface area contributed by atoms with Crippen molar-refractivity contribution < 1.29 is 14.3 Å². The number of ether oxygens (including phenoxy) is 2. The first-order valence-corrected chi connectivity index (χ1v) is 8.07. The fourth-order valence-corrected chi connectivity index (χ4v) is 2.93. The molecule has 3 nitrogen and oxygen atoms in total. The molecule has 0 aliphatic rings. The van der Waals surface area contributed by atoms with E-state index in [9.17, 15) is 4.79 Å². The van der Waals surface area contributed by atoms with E-state index < -0.39 is 6.16 Å². The molecular formula is C22H16O3. The van der Waals surface area contributed by atoms with E-state index in [1.165, 1.54) is 0 Å². The van der Waals surface area contributed by atoms with Crippen LogP contribution in [0.4, 0.5) is 4.79 Å². The van der Waals surface area contributed by atoms with Crippen molar-refractivity contribution in [3.05, 3.63) is 84.4 Å². The van der Waals surface area contributed by atoms with Gasteiger partial charge in [-0.05, 0) is 42.0 Å². The standard InChI is InChI=1S/C22H16O3/c1-15-11-12-17-14-16-7-5-6-10-19(16)21(20(17)13-15)25-22(23)24-18-8-3-2-4-9-18/h2-14H,1H3. The van der Waals surface area contributed by atoms with Crippen LogP contribution in [0.15, 0.2) is 78.9 Å². The zero-order chi connectivity index (χ0) is 17.2. The van der Waals surface area contributed by atoms with Gasteiger partial charge in [-0.15, -0.1) is 0 Å². The number of aryl methyl sites for hydroxylation is 1. The van der Waals surface area contributed by atoms with Gasteiger partial charge in [-0.25, -0.2) is 4.79 Å². The third-order valence-electron chi connectivity index (χ3n) is 4.10. The first-order chi connectivity index (χ1) is 12.2. The predicted molar refractivity (Wildman–Crippen MR) is 99.3 cm³/mol. The van der Waals surface area contributed by atoms with Crippen molar-refractivity contribution in [3.8, 4) is 11.5 Å². The highest BCUT2D eigenvalue weighted by Crippen LogP contribution is 2.35. The summed E-state index contributed by atoms with van der Waals surface area (Å²) in [7, 11) is 0. The first-order valence-electron chi connectivity index (χ1n) is 8.07. The Bertz CT molecular complexity index is 1070. The summed E-state index contributed by atoms with van der Waals surface area (Å²) in [4.78, 5) is 12.3. The van der Waals surface area contributed by atoms with Gasteiger partial charge in [-0.1, -0.05) is 60.2 Å². The Hall–Kier alpha value is -3.33. The largest absolute Gasteiger partial charge is 0.519 e. The molecule has 122 valence electrons. The van der Waals surface area contributed by atoms with Crippen LogP contribution in [0.25, 0.3) is 21.5 Å². The molecule has 0 radical (unpaired) electrons. The van der Waals surface area contributed by atoms with Crippen molar-refractivity contribution in [2.45, 2.75) is 6.92 Å². The van der Waals surface area contributed by atoms with Gasteiger partial charge in [0.1, 0.15) is 11.5 Å². The number of hydrogen-bond donors (Lipinski definition) is 0. The van der Waals surface area contributed by atoms with E-state index in [4.69, 9.17) is 9.47 Å². The Labute approximate surface area is 145 Å². The van der Waals surface area contributed by atoms with Gasteiger partial charge in [0.05, 0.1) is 0 Å². The maximum absolute atomic E-state index is 12.3. The quantitative estimate of drug-likeness (QED) is 0.262. The molecule has 4 aromatic carbocycles. The molecule has 0 aromatic heterocycles. The minimum Gasteiger partial charge on any atom is -0.395 e. The van der Waals surface area contributed by atoms with Gasteiger partial charge < -0.3 is 9.47 Å². The van der Waals surface area contributed by atoms with Gasteiger partial charge in [0.15, 0.2) is 0 Å². The van der Waals surface area contributed by atoms with E-state index in [1.54, 1.807) is 24.3 Å². The van der Waals surface area contributed by atoms with Crippen LogP contribution < -0.4 is 9.47 Å². The van der Waals surface area contributed by atoms with Gasteiger partial charge in [0.25, 0.3) is 0 Å². The molecule has 0 unspecified atom stereocenters. The molecule has 25 heavy (non-hydrogen) atoms. The summed E-state index contributed by atoms with van der Waals surface area (Å²) >= 11 is 0. The Morgan fingerprint density at radius 1 is 0.720 bits per heavy atom. The Balaban J connectivity index is 1.80. The number of rotatable bonds is 2. The molecule has 0 aliphatic heterocycles. The van der Waals surface area contributed by atoms with Crippen LogP contribution in [0, 0.1) is 6.92 Å². The zero-order valence-electron chi connectivity index (χ0n) is 13.7. The topological polar surface area (TPSA) is 35.5 Å².